The Morgan fingerprint density at radius 2 is 1.74 bits per heavy atom. The van der Waals surface area contributed by atoms with Gasteiger partial charge in [-0.05, 0) is 31.0 Å². The molecule has 0 unspecified atom stereocenters. The van der Waals surface area contributed by atoms with Gasteiger partial charge < -0.3 is 10.1 Å². The fourth-order valence-corrected chi connectivity index (χ4v) is 3.23. The minimum Gasteiger partial charge on any atom is -0.382 e. The Morgan fingerprint density at radius 1 is 1.09 bits per heavy atom. The van der Waals surface area contributed by atoms with E-state index in [4.69, 9.17) is 4.74 Å². The maximum absolute atomic E-state index is 12.6. The highest BCUT2D eigenvalue weighted by Gasteiger charge is 2.21. The van der Waals surface area contributed by atoms with Gasteiger partial charge in [0.05, 0.1) is 0 Å². The number of hydrogen-bond acceptors (Lipinski definition) is 3. The molecule has 0 fully saturated rings. The summed E-state index contributed by atoms with van der Waals surface area (Å²) in [6.07, 6.45) is 0.830. The molecule has 1 atom stereocenters. The molecule has 0 saturated heterocycles. The summed E-state index contributed by atoms with van der Waals surface area (Å²) in [4.78, 5) is 13.7. The van der Waals surface area contributed by atoms with Crippen LogP contribution >= 0.6 is 11.8 Å². The van der Waals surface area contributed by atoms with Crippen molar-refractivity contribution in [2.24, 2.45) is 0 Å². The fourth-order valence-electron chi connectivity index (χ4n) is 2.16. The van der Waals surface area contributed by atoms with Gasteiger partial charge in [0.2, 0.25) is 5.91 Å². The van der Waals surface area contributed by atoms with E-state index >= 15 is 0 Å². The minimum atomic E-state index is -0.245. The Labute approximate surface area is 142 Å². The SMILES string of the molecule is CCOCCCNC(=O)[C@@H](Sc1ccccc1)c1ccccc1. The molecule has 0 aliphatic heterocycles. The van der Waals surface area contributed by atoms with Crippen molar-refractivity contribution in [3.8, 4) is 0 Å². The number of benzene rings is 2. The van der Waals surface area contributed by atoms with E-state index in [-0.39, 0.29) is 11.2 Å². The average Bonchev–Trinajstić information content (AvgIpc) is 2.61. The van der Waals surface area contributed by atoms with Gasteiger partial charge in [0, 0.05) is 24.7 Å². The number of rotatable bonds is 9. The van der Waals surface area contributed by atoms with Crippen molar-refractivity contribution in [3.05, 3.63) is 66.2 Å². The molecule has 0 aliphatic carbocycles. The standard InChI is InChI=1S/C19H23NO2S/c1-2-22-15-9-14-20-19(21)18(16-10-5-3-6-11-16)23-17-12-7-4-8-13-17/h3-8,10-13,18H,2,9,14-15H2,1H3,(H,20,21)/t18-/m0/s1. The molecule has 4 heteroatoms. The van der Waals surface area contributed by atoms with E-state index in [1.807, 2.05) is 67.6 Å². The molecule has 0 saturated carbocycles. The predicted molar refractivity (Wildman–Crippen MR) is 95.6 cm³/mol. The van der Waals surface area contributed by atoms with Crippen LogP contribution in [0.1, 0.15) is 24.2 Å². The largest absolute Gasteiger partial charge is 0.382 e. The second-order valence-corrected chi connectivity index (χ2v) is 6.24. The molecule has 1 amide bonds. The maximum atomic E-state index is 12.6. The maximum Gasteiger partial charge on any atom is 0.237 e. The highest BCUT2D eigenvalue weighted by molar-refractivity contribution is 8.00. The summed E-state index contributed by atoms with van der Waals surface area (Å²) in [7, 11) is 0. The minimum absolute atomic E-state index is 0.0431. The van der Waals surface area contributed by atoms with Crippen molar-refractivity contribution in [1.29, 1.82) is 0 Å². The summed E-state index contributed by atoms with van der Waals surface area (Å²) in [6, 6.07) is 19.9. The number of amides is 1. The molecule has 122 valence electrons. The summed E-state index contributed by atoms with van der Waals surface area (Å²) in [5, 5.41) is 2.78. The molecule has 23 heavy (non-hydrogen) atoms. The van der Waals surface area contributed by atoms with E-state index in [0.717, 1.165) is 16.9 Å². The first-order valence-corrected chi connectivity index (χ1v) is 8.81. The van der Waals surface area contributed by atoms with E-state index < -0.39 is 0 Å². The summed E-state index contributed by atoms with van der Waals surface area (Å²) < 4.78 is 5.30. The third kappa shape index (κ3) is 6.08. The van der Waals surface area contributed by atoms with Crippen LogP contribution in [0.25, 0.3) is 0 Å². The van der Waals surface area contributed by atoms with Crippen LogP contribution in [-0.2, 0) is 9.53 Å². The van der Waals surface area contributed by atoms with Crippen LogP contribution in [0.15, 0.2) is 65.6 Å². The number of carbonyl (C=O) groups excluding carboxylic acids is 1. The Bertz CT molecular complexity index is 574. The number of thioether (sulfide) groups is 1. The van der Waals surface area contributed by atoms with Crippen molar-refractivity contribution < 1.29 is 9.53 Å². The van der Waals surface area contributed by atoms with Crippen molar-refractivity contribution in [3.63, 3.8) is 0 Å². The lowest BCUT2D eigenvalue weighted by atomic mass is 10.1. The van der Waals surface area contributed by atoms with Gasteiger partial charge in [-0.15, -0.1) is 11.8 Å². The van der Waals surface area contributed by atoms with Crippen LogP contribution in [-0.4, -0.2) is 25.7 Å². The Balaban J connectivity index is 2.00. The molecular formula is C19H23NO2S. The number of hydrogen-bond donors (Lipinski definition) is 1. The normalized spacial score (nSPS) is 11.9. The molecule has 0 aliphatic rings. The monoisotopic (exact) mass is 329 g/mol. The molecule has 0 spiro atoms. The van der Waals surface area contributed by atoms with Gasteiger partial charge in [0.25, 0.3) is 0 Å². The average molecular weight is 329 g/mol. The van der Waals surface area contributed by atoms with E-state index in [2.05, 4.69) is 5.32 Å². The molecule has 0 heterocycles. The molecule has 2 rings (SSSR count). The van der Waals surface area contributed by atoms with E-state index in [0.29, 0.717) is 19.8 Å². The molecule has 0 aromatic heterocycles. The smallest absolute Gasteiger partial charge is 0.237 e. The first kappa shape index (κ1) is 17.6. The van der Waals surface area contributed by atoms with Gasteiger partial charge in [0.1, 0.15) is 5.25 Å². The summed E-state index contributed by atoms with van der Waals surface area (Å²) in [5.74, 6) is 0.0431. The summed E-state index contributed by atoms with van der Waals surface area (Å²) in [6.45, 7) is 4.00. The van der Waals surface area contributed by atoms with Crippen LogP contribution in [0, 0.1) is 0 Å². The van der Waals surface area contributed by atoms with Crippen LogP contribution in [0.4, 0.5) is 0 Å². The van der Waals surface area contributed by atoms with E-state index in [9.17, 15) is 4.79 Å². The molecule has 1 N–H and O–H groups in total. The zero-order chi connectivity index (χ0) is 16.3. The third-order valence-electron chi connectivity index (χ3n) is 3.31. The fraction of sp³-hybridized carbons (Fsp3) is 0.316. The van der Waals surface area contributed by atoms with Crippen molar-refractivity contribution in [2.45, 2.75) is 23.5 Å². The van der Waals surface area contributed by atoms with Crippen LogP contribution < -0.4 is 5.32 Å². The lowest BCUT2D eigenvalue weighted by Crippen LogP contribution is -2.29. The Morgan fingerprint density at radius 3 is 2.39 bits per heavy atom. The lowest BCUT2D eigenvalue weighted by Gasteiger charge is -2.17. The number of ether oxygens (including phenoxy) is 1. The summed E-state index contributed by atoms with van der Waals surface area (Å²) >= 11 is 1.57. The van der Waals surface area contributed by atoms with Gasteiger partial charge in [-0.1, -0.05) is 48.5 Å². The molecule has 2 aromatic carbocycles. The third-order valence-corrected chi connectivity index (χ3v) is 4.57. The predicted octanol–water partition coefficient (Wildman–Crippen LogP) is 4.06. The molecule has 0 bridgehead atoms. The van der Waals surface area contributed by atoms with Gasteiger partial charge >= 0.3 is 0 Å². The second-order valence-electron chi connectivity index (χ2n) is 5.06. The zero-order valence-electron chi connectivity index (χ0n) is 13.4. The van der Waals surface area contributed by atoms with Gasteiger partial charge in [-0.25, -0.2) is 0 Å². The molecule has 2 aromatic rings. The van der Waals surface area contributed by atoms with Gasteiger partial charge in [-0.2, -0.15) is 0 Å². The number of carbonyl (C=O) groups is 1. The zero-order valence-corrected chi connectivity index (χ0v) is 14.2. The molecular weight excluding hydrogens is 306 g/mol. The Kier molecular flexibility index (Phi) is 7.70. The second kappa shape index (κ2) is 10.1. The Hall–Kier alpha value is -1.78. The van der Waals surface area contributed by atoms with Crippen LogP contribution in [0.5, 0.6) is 0 Å². The lowest BCUT2D eigenvalue weighted by molar-refractivity contribution is -0.120. The quantitative estimate of drug-likeness (QED) is 0.557. The van der Waals surface area contributed by atoms with Crippen molar-refractivity contribution in [1.82, 2.24) is 5.32 Å². The first-order valence-electron chi connectivity index (χ1n) is 7.93. The van der Waals surface area contributed by atoms with Gasteiger partial charge in [-0.3, -0.25) is 4.79 Å². The first-order chi connectivity index (χ1) is 11.3. The number of nitrogens with one attached hydrogen (secondary N) is 1. The molecule has 3 nitrogen and oxygen atoms in total. The van der Waals surface area contributed by atoms with Crippen LogP contribution in [0.2, 0.25) is 0 Å². The summed E-state index contributed by atoms with van der Waals surface area (Å²) in [5.41, 5.74) is 1.02. The van der Waals surface area contributed by atoms with E-state index in [1.54, 1.807) is 11.8 Å². The van der Waals surface area contributed by atoms with E-state index in [1.165, 1.54) is 0 Å². The van der Waals surface area contributed by atoms with Crippen molar-refractivity contribution >= 4 is 17.7 Å². The highest BCUT2D eigenvalue weighted by atomic mass is 32.2. The van der Waals surface area contributed by atoms with Crippen LogP contribution in [0.3, 0.4) is 0 Å². The molecule has 0 radical (unpaired) electrons. The highest BCUT2D eigenvalue weighted by Crippen LogP contribution is 2.35. The van der Waals surface area contributed by atoms with Crippen molar-refractivity contribution in [2.75, 3.05) is 19.8 Å². The topological polar surface area (TPSA) is 38.3 Å². The van der Waals surface area contributed by atoms with Gasteiger partial charge in [0.15, 0.2) is 0 Å².